The lowest BCUT2D eigenvalue weighted by Crippen LogP contribution is -1.94. The number of aldehydes is 1. The van der Waals surface area contributed by atoms with Crippen molar-refractivity contribution < 1.29 is 9.53 Å². The van der Waals surface area contributed by atoms with Gasteiger partial charge in [0.15, 0.2) is 0 Å². The molecule has 17 heavy (non-hydrogen) atoms. The van der Waals surface area contributed by atoms with Gasteiger partial charge in [0.05, 0.1) is 6.61 Å². The molecule has 0 unspecified atom stereocenters. The van der Waals surface area contributed by atoms with Crippen molar-refractivity contribution in [2.75, 3.05) is 6.61 Å². The van der Waals surface area contributed by atoms with Crippen molar-refractivity contribution in [3.63, 3.8) is 0 Å². The van der Waals surface area contributed by atoms with Gasteiger partial charge in [-0.2, -0.15) is 0 Å². The van der Waals surface area contributed by atoms with E-state index in [-0.39, 0.29) is 0 Å². The van der Waals surface area contributed by atoms with Crippen molar-refractivity contribution >= 4 is 23.1 Å². The molecule has 0 saturated carbocycles. The SMILES string of the molecule is CCOc1ccc2ccccc2c1C=CC=O. The van der Waals surface area contributed by atoms with E-state index in [1.807, 2.05) is 43.3 Å². The number of benzene rings is 2. The maximum Gasteiger partial charge on any atom is 0.142 e. The molecular formula is C15H14O2. The Kier molecular flexibility index (Phi) is 3.55. The Balaban J connectivity index is 2.65. The number of carbonyl (C=O) groups excluding carboxylic acids is 1. The van der Waals surface area contributed by atoms with Crippen LogP contribution in [0.4, 0.5) is 0 Å². The minimum Gasteiger partial charge on any atom is -0.493 e. The largest absolute Gasteiger partial charge is 0.493 e. The number of allylic oxidation sites excluding steroid dienone is 1. The predicted octanol–water partition coefficient (Wildman–Crippen LogP) is 3.45. The van der Waals surface area contributed by atoms with Gasteiger partial charge in [0, 0.05) is 5.56 Å². The molecule has 0 heterocycles. The summed E-state index contributed by atoms with van der Waals surface area (Å²) in [5.74, 6) is 0.810. The van der Waals surface area contributed by atoms with Gasteiger partial charge in [-0.1, -0.05) is 30.3 Å². The Hall–Kier alpha value is -2.09. The monoisotopic (exact) mass is 226 g/mol. The van der Waals surface area contributed by atoms with Gasteiger partial charge in [-0.25, -0.2) is 0 Å². The van der Waals surface area contributed by atoms with Crippen LogP contribution in [0.5, 0.6) is 5.75 Å². The second-order valence-corrected chi connectivity index (χ2v) is 3.63. The van der Waals surface area contributed by atoms with E-state index in [1.54, 1.807) is 6.08 Å². The lowest BCUT2D eigenvalue weighted by Gasteiger charge is -2.10. The van der Waals surface area contributed by atoms with E-state index < -0.39 is 0 Å². The smallest absolute Gasteiger partial charge is 0.142 e. The van der Waals surface area contributed by atoms with Crippen molar-refractivity contribution in [2.24, 2.45) is 0 Å². The van der Waals surface area contributed by atoms with Crippen molar-refractivity contribution in [2.45, 2.75) is 6.92 Å². The van der Waals surface area contributed by atoms with Crippen LogP contribution in [0.15, 0.2) is 42.5 Å². The molecule has 2 nitrogen and oxygen atoms in total. The molecule has 0 aliphatic heterocycles. The first kappa shape index (κ1) is 11.4. The number of fused-ring (bicyclic) bond motifs is 1. The Bertz CT molecular complexity index is 556. The average molecular weight is 226 g/mol. The number of hydrogen-bond acceptors (Lipinski definition) is 2. The van der Waals surface area contributed by atoms with E-state index in [0.717, 1.165) is 28.4 Å². The Morgan fingerprint density at radius 2 is 2.00 bits per heavy atom. The molecule has 2 heteroatoms. The van der Waals surface area contributed by atoms with Crippen LogP contribution < -0.4 is 4.74 Å². The minimum atomic E-state index is 0.611. The summed E-state index contributed by atoms with van der Waals surface area (Å²) in [6.07, 6.45) is 4.06. The van der Waals surface area contributed by atoms with Crippen LogP contribution in [0.3, 0.4) is 0 Å². The molecule has 2 aromatic carbocycles. The van der Waals surface area contributed by atoms with Crippen LogP contribution in [0.1, 0.15) is 12.5 Å². The summed E-state index contributed by atoms with van der Waals surface area (Å²) in [6.45, 7) is 2.56. The molecule has 0 saturated heterocycles. The molecule has 0 radical (unpaired) electrons. The van der Waals surface area contributed by atoms with Crippen LogP contribution >= 0.6 is 0 Å². The molecule has 0 aromatic heterocycles. The third-order valence-electron chi connectivity index (χ3n) is 2.57. The fraction of sp³-hybridized carbons (Fsp3) is 0.133. The molecule has 0 N–H and O–H groups in total. The van der Waals surface area contributed by atoms with E-state index in [2.05, 4.69) is 0 Å². The molecule has 0 aliphatic carbocycles. The molecule has 0 bridgehead atoms. The van der Waals surface area contributed by atoms with Crippen LogP contribution in [0.25, 0.3) is 16.8 Å². The second-order valence-electron chi connectivity index (χ2n) is 3.63. The lowest BCUT2D eigenvalue weighted by molar-refractivity contribution is -0.104. The van der Waals surface area contributed by atoms with Crippen LogP contribution in [0.2, 0.25) is 0 Å². The Morgan fingerprint density at radius 3 is 2.76 bits per heavy atom. The molecule has 2 aromatic rings. The van der Waals surface area contributed by atoms with Gasteiger partial charge in [-0.05, 0) is 35.9 Å². The fourth-order valence-corrected chi connectivity index (χ4v) is 1.86. The zero-order chi connectivity index (χ0) is 12.1. The van der Waals surface area contributed by atoms with Crippen molar-refractivity contribution in [1.29, 1.82) is 0 Å². The van der Waals surface area contributed by atoms with Gasteiger partial charge in [0.1, 0.15) is 12.0 Å². The van der Waals surface area contributed by atoms with E-state index in [0.29, 0.717) is 6.61 Å². The third-order valence-corrected chi connectivity index (χ3v) is 2.57. The summed E-state index contributed by atoms with van der Waals surface area (Å²) in [7, 11) is 0. The maximum absolute atomic E-state index is 10.5. The van der Waals surface area contributed by atoms with Crippen LogP contribution in [0, 0.1) is 0 Å². The Morgan fingerprint density at radius 1 is 1.18 bits per heavy atom. The normalized spacial score (nSPS) is 10.9. The van der Waals surface area contributed by atoms with Crippen LogP contribution in [-0.2, 0) is 4.79 Å². The van der Waals surface area contributed by atoms with Crippen molar-refractivity contribution in [3.05, 3.63) is 48.0 Å². The molecule has 0 amide bonds. The molecule has 2 rings (SSSR count). The third kappa shape index (κ3) is 2.36. The second kappa shape index (κ2) is 5.30. The highest BCUT2D eigenvalue weighted by atomic mass is 16.5. The Labute approximate surface area is 101 Å². The van der Waals surface area contributed by atoms with Crippen molar-refractivity contribution in [1.82, 2.24) is 0 Å². The number of rotatable bonds is 4. The van der Waals surface area contributed by atoms with Gasteiger partial charge in [-0.15, -0.1) is 0 Å². The summed E-state index contributed by atoms with van der Waals surface area (Å²) in [5.41, 5.74) is 0.956. The first-order valence-electron chi connectivity index (χ1n) is 5.63. The summed E-state index contributed by atoms with van der Waals surface area (Å²) < 4.78 is 5.57. The standard InChI is InChI=1S/C15H14O2/c1-2-17-15-10-9-12-6-3-4-7-13(12)14(15)8-5-11-16/h3-11H,2H2,1H3. The minimum absolute atomic E-state index is 0.611. The highest BCUT2D eigenvalue weighted by Crippen LogP contribution is 2.29. The number of hydrogen-bond donors (Lipinski definition) is 0. The maximum atomic E-state index is 10.5. The topological polar surface area (TPSA) is 26.3 Å². The van der Waals surface area contributed by atoms with E-state index in [9.17, 15) is 4.79 Å². The quantitative estimate of drug-likeness (QED) is 0.589. The van der Waals surface area contributed by atoms with Gasteiger partial charge in [0.2, 0.25) is 0 Å². The highest BCUT2D eigenvalue weighted by Gasteiger charge is 2.05. The lowest BCUT2D eigenvalue weighted by atomic mass is 10.0. The summed E-state index contributed by atoms with van der Waals surface area (Å²) >= 11 is 0. The predicted molar refractivity (Wildman–Crippen MR) is 70.2 cm³/mol. The van der Waals surface area contributed by atoms with Gasteiger partial charge in [0.25, 0.3) is 0 Å². The molecular weight excluding hydrogens is 212 g/mol. The number of carbonyl (C=O) groups is 1. The summed E-state index contributed by atoms with van der Waals surface area (Å²) in [4.78, 5) is 10.5. The van der Waals surface area contributed by atoms with Crippen molar-refractivity contribution in [3.8, 4) is 5.75 Å². The highest BCUT2D eigenvalue weighted by molar-refractivity contribution is 5.94. The van der Waals surface area contributed by atoms with E-state index in [1.165, 1.54) is 6.08 Å². The zero-order valence-electron chi connectivity index (χ0n) is 9.72. The van der Waals surface area contributed by atoms with Gasteiger partial charge >= 0.3 is 0 Å². The zero-order valence-corrected chi connectivity index (χ0v) is 9.72. The molecule has 0 atom stereocenters. The van der Waals surface area contributed by atoms with Gasteiger partial charge < -0.3 is 4.74 Å². The average Bonchev–Trinajstić information content (AvgIpc) is 2.37. The van der Waals surface area contributed by atoms with E-state index in [4.69, 9.17) is 4.74 Å². The van der Waals surface area contributed by atoms with Crippen LogP contribution in [-0.4, -0.2) is 12.9 Å². The first-order chi connectivity index (χ1) is 8.36. The van der Waals surface area contributed by atoms with Gasteiger partial charge in [-0.3, -0.25) is 4.79 Å². The first-order valence-corrected chi connectivity index (χ1v) is 5.63. The molecule has 0 fully saturated rings. The van der Waals surface area contributed by atoms with E-state index >= 15 is 0 Å². The molecule has 86 valence electrons. The number of ether oxygens (including phenoxy) is 1. The summed E-state index contributed by atoms with van der Waals surface area (Å²) in [5, 5.41) is 2.23. The fourth-order valence-electron chi connectivity index (χ4n) is 1.86. The molecule has 0 aliphatic rings. The molecule has 0 spiro atoms. The summed E-state index contributed by atoms with van der Waals surface area (Å²) in [6, 6.07) is 12.0.